The minimum absolute atomic E-state index is 0.00950. The summed E-state index contributed by atoms with van der Waals surface area (Å²) in [5.41, 5.74) is 0.563. The predicted octanol–water partition coefficient (Wildman–Crippen LogP) is 3.11. The van der Waals surface area contributed by atoms with Crippen molar-refractivity contribution < 1.29 is 14.0 Å². The standard InChI is InChI=1S/C17H21FN2O2/c1-17(16(21)20-10-4-2-3-5-11-20)12-15(19-22-17)13-6-8-14(18)9-7-13/h6-9H,2-5,10-12H2,1H3/t17-/m0/s1. The molecule has 2 aliphatic heterocycles. The Bertz CT molecular complexity index is 577. The molecule has 0 N–H and O–H groups in total. The molecule has 0 aromatic heterocycles. The summed E-state index contributed by atoms with van der Waals surface area (Å²) in [6, 6.07) is 6.12. The molecule has 5 heteroatoms. The van der Waals surface area contributed by atoms with Gasteiger partial charge in [0.05, 0.1) is 5.71 Å². The predicted molar refractivity (Wildman–Crippen MR) is 82.1 cm³/mol. The summed E-state index contributed by atoms with van der Waals surface area (Å²) in [5.74, 6) is -0.276. The number of hydrogen-bond acceptors (Lipinski definition) is 3. The van der Waals surface area contributed by atoms with E-state index < -0.39 is 5.60 Å². The van der Waals surface area contributed by atoms with Crippen LogP contribution in [-0.2, 0) is 9.63 Å². The molecule has 0 aliphatic carbocycles. The van der Waals surface area contributed by atoms with Gasteiger partial charge < -0.3 is 9.74 Å². The summed E-state index contributed by atoms with van der Waals surface area (Å²) in [5, 5.41) is 4.07. The molecule has 118 valence electrons. The lowest BCUT2D eigenvalue weighted by atomic mass is 9.94. The van der Waals surface area contributed by atoms with Gasteiger partial charge in [-0.15, -0.1) is 0 Å². The highest BCUT2D eigenvalue weighted by molar-refractivity contribution is 6.05. The molecule has 0 radical (unpaired) electrons. The van der Waals surface area contributed by atoms with Crippen molar-refractivity contribution in [2.75, 3.05) is 13.1 Å². The van der Waals surface area contributed by atoms with Crippen LogP contribution in [0.5, 0.6) is 0 Å². The van der Waals surface area contributed by atoms with Crippen molar-refractivity contribution in [3.63, 3.8) is 0 Å². The number of hydrogen-bond donors (Lipinski definition) is 0. The molecule has 22 heavy (non-hydrogen) atoms. The van der Waals surface area contributed by atoms with Crippen LogP contribution in [0.2, 0.25) is 0 Å². The van der Waals surface area contributed by atoms with Crippen molar-refractivity contribution >= 4 is 11.6 Å². The highest BCUT2D eigenvalue weighted by Gasteiger charge is 2.44. The van der Waals surface area contributed by atoms with Crippen LogP contribution in [0.15, 0.2) is 29.4 Å². The third-order valence-corrected chi connectivity index (χ3v) is 4.39. The zero-order valence-corrected chi connectivity index (χ0v) is 12.8. The SMILES string of the molecule is C[C@@]1(C(=O)N2CCCCCC2)CC(c2ccc(F)cc2)=NO1. The van der Waals surface area contributed by atoms with Crippen molar-refractivity contribution in [1.82, 2.24) is 4.90 Å². The van der Waals surface area contributed by atoms with Crippen LogP contribution in [0.1, 0.15) is 44.6 Å². The lowest BCUT2D eigenvalue weighted by molar-refractivity contribution is -0.153. The first kappa shape index (κ1) is 15.0. The molecule has 0 saturated carbocycles. The van der Waals surface area contributed by atoms with Crippen LogP contribution in [0.4, 0.5) is 4.39 Å². The van der Waals surface area contributed by atoms with Gasteiger partial charge in [-0.2, -0.15) is 0 Å². The Morgan fingerprint density at radius 2 is 1.82 bits per heavy atom. The maximum absolute atomic E-state index is 13.0. The molecule has 2 aliphatic rings. The monoisotopic (exact) mass is 304 g/mol. The second-order valence-corrected chi connectivity index (χ2v) is 6.25. The Kier molecular flexibility index (Phi) is 4.14. The average Bonchev–Trinajstić information content (AvgIpc) is 2.75. The van der Waals surface area contributed by atoms with Gasteiger partial charge in [0, 0.05) is 19.5 Å². The zero-order chi connectivity index (χ0) is 15.6. The lowest BCUT2D eigenvalue weighted by Gasteiger charge is -2.29. The van der Waals surface area contributed by atoms with Crippen LogP contribution in [-0.4, -0.2) is 35.2 Å². The van der Waals surface area contributed by atoms with Crippen LogP contribution >= 0.6 is 0 Å². The fraction of sp³-hybridized carbons (Fsp3) is 0.529. The lowest BCUT2D eigenvalue weighted by Crippen LogP contribution is -2.47. The second kappa shape index (κ2) is 6.07. The van der Waals surface area contributed by atoms with Gasteiger partial charge in [0.2, 0.25) is 5.60 Å². The van der Waals surface area contributed by atoms with Gasteiger partial charge in [0.1, 0.15) is 5.82 Å². The summed E-state index contributed by atoms with van der Waals surface area (Å²) < 4.78 is 13.0. The van der Waals surface area contributed by atoms with E-state index in [0.717, 1.165) is 31.5 Å². The van der Waals surface area contributed by atoms with E-state index in [0.29, 0.717) is 12.1 Å². The van der Waals surface area contributed by atoms with Crippen LogP contribution in [0.3, 0.4) is 0 Å². The number of amides is 1. The normalized spacial score (nSPS) is 25.4. The molecule has 1 aromatic rings. The van der Waals surface area contributed by atoms with Crippen molar-refractivity contribution in [1.29, 1.82) is 0 Å². The number of rotatable bonds is 2. The Morgan fingerprint density at radius 3 is 2.45 bits per heavy atom. The molecule has 1 atom stereocenters. The van der Waals surface area contributed by atoms with Gasteiger partial charge >= 0.3 is 0 Å². The quantitative estimate of drug-likeness (QED) is 0.842. The minimum Gasteiger partial charge on any atom is -0.379 e. The van der Waals surface area contributed by atoms with Gasteiger partial charge in [0.25, 0.3) is 5.91 Å². The number of carbonyl (C=O) groups excluding carboxylic acids is 1. The minimum atomic E-state index is -0.936. The van der Waals surface area contributed by atoms with Crippen LogP contribution < -0.4 is 0 Å². The Morgan fingerprint density at radius 1 is 1.18 bits per heavy atom. The van der Waals surface area contributed by atoms with Crippen molar-refractivity contribution in [3.8, 4) is 0 Å². The molecule has 1 amide bonds. The Hall–Kier alpha value is -1.91. The maximum Gasteiger partial charge on any atom is 0.269 e. The van der Waals surface area contributed by atoms with Gasteiger partial charge in [0.15, 0.2) is 0 Å². The van der Waals surface area contributed by atoms with E-state index in [2.05, 4.69) is 5.16 Å². The third-order valence-electron chi connectivity index (χ3n) is 4.39. The smallest absolute Gasteiger partial charge is 0.269 e. The molecule has 0 unspecified atom stereocenters. The first-order valence-electron chi connectivity index (χ1n) is 7.89. The highest BCUT2D eigenvalue weighted by atomic mass is 19.1. The van der Waals surface area contributed by atoms with E-state index in [-0.39, 0.29) is 11.7 Å². The summed E-state index contributed by atoms with van der Waals surface area (Å²) in [4.78, 5) is 20.2. The van der Waals surface area contributed by atoms with E-state index in [1.54, 1.807) is 19.1 Å². The molecule has 0 bridgehead atoms. The van der Waals surface area contributed by atoms with Gasteiger partial charge in [-0.05, 0) is 37.5 Å². The topological polar surface area (TPSA) is 41.9 Å². The number of carbonyl (C=O) groups is 1. The van der Waals surface area contributed by atoms with E-state index in [4.69, 9.17) is 4.84 Å². The molecule has 1 saturated heterocycles. The maximum atomic E-state index is 13.0. The Labute approximate surface area is 129 Å². The van der Waals surface area contributed by atoms with Gasteiger partial charge in [-0.25, -0.2) is 4.39 Å². The molecular weight excluding hydrogens is 283 g/mol. The molecule has 0 spiro atoms. The average molecular weight is 304 g/mol. The van der Waals surface area contributed by atoms with E-state index >= 15 is 0 Å². The molecule has 1 fully saturated rings. The van der Waals surface area contributed by atoms with Gasteiger partial charge in [-0.3, -0.25) is 4.79 Å². The summed E-state index contributed by atoms with van der Waals surface area (Å²) in [6.07, 6.45) is 4.88. The van der Waals surface area contributed by atoms with Crippen LogP contribution in [0, 0.1) is 5.82 Å². The summed E-state index contributed by atoms with van der Waals surface area (Å²) >= 11 is 0. The third kappa shape index (κ3) is 2.98. The first-order chi connectivity index (χ1) is 10.6. The van der Waals surface area contributed by atoms with E-state index in [9.17, 15) is 9.18 Å². The number of oxime groups is 1. The first-order valence-corrected chi connectivity index (χ1v) is 7.89. The fourth-order valence-electron chi connectivity index (χ4n) is 3.06. The Balaban J connectivity index is 1.70. The van der Waals surface area contributed by atoms with Crippen molar-refractivity contribution in [3.05, 3.63) is 35.6 Å². The molecule has 1 aromatic carbocycles. The van der Waals surface area contributed by atoms with Crippen LogP contribution in [0.25, 0.3) is 0 Å². The number of halogens is 1. The highest BCUT2D eigenvalue weighted by Crippen LogP contribution is 2.29. The largest absolute Gasteiger partial charge is 0.379 e. The molecule has 4 nitrogen and oxygen atoms in total. The summed E-state index contributed by atoms with van der Waals surface area (Å²) in [6.45, 7) is 3.38. The van der Waals surface area contributed by atoms with E-state index in [1.807, 2.05) is 4.90 Å². The summed E-state index contributed by atoms with van der Waals surface area (Å²) in [7, 11) is 0. The fourth-order valence-corrected chi connectivity index (χ4v) is 3.06. The van der Waals surface area contributed by atoms with Crippen molar-refractivity contribution in [2.45, 2.75) is 44.6 Å². The second-order valence-electron chi connectivity index (χ2n) is 6.25. The molecule has 2 heterocycles. The zero-order valence-electron chi connectivity index (χ0n) is 12.8. The van der Waals surface area contributed by atoms with Gasteiger partial charge in [-0.1, -0.05) is 30.1 Å². The van der Waals surface area contributed by atoms with E-state index in [1.165, 1.54) is 25.0 Å². The molecular formula is C17H21FN2O2. The van der Waals surface area contributed by atoms with Crippen molar-refractivity contribution in [2.24, 2.45) is 5.16 Å². The number of benzene rings is 1. The number of likely N-dealkylation sites (tertiary alicyclic amines) is 1. The number of nitrogens with zero attached hydrogens (tertiary/aromatic N) is 2. The molecule has 3 rings (SSSR count).